The lowest BCUT2D eigenvalue weighted by Crippen LogP contribution is -2.27. The van der Waals surface area contributed by atoms with Crippen LogP contribution in [0.3, 0.4) is 0 Å². The molecule has 0 aliphatic carbocycles. The van der Waals surface area contributed by atoms with Gasteiger partial charge in [0, 0.05) is 11.5 Å². The highest BCUT2D eigenvalue weighted by molar-refractivity contribution is 9.10. The van der Waals surface area contributed by atoms with Crippen LogP contribution in [0.1, 0.15) is 11.3 Å². The number of carbonyl (C=O) groups is 1. The Balaban J connectivity index is 1.93. The van der Waals surface area contributed by atoms with Crippen molar-refractivity contribution in [2.24, 2.45) is 0 Å². The molecule has 0 atom stereocenters. The van der Waals surface area contributed by atoms with E-state index in [1.165, 1.54) is 0 Å². The summed E-state index contributed by atoms with van der Waals surface area (Å²) in [4.78, 5) is 13.7. The van der Waals surface area contributed by atoms with Crippen LogP contribution in [0.25, 0.3) is 0 Å². The molecule has 1 amide bonds. The second kappa shape index (κ2) is 5.87. The number of carbonyl (C=O) groups excluding carboxylic acids is 1. The normalized spacial score (nSPS) is 10.3. The molecule has 0 N–H and O–H groups in total. The van der Waals surface area contributed by atoms with E-state index in [0.29, 0.717) is 13.0 Å². The Morgan fingerprint density at radius 3 is 2.61 bits per heavy atom. The highest BCUT2D eigenvalue weighted by atomic mass is 79.9. The van der Waals surface area contributed by atoms with Crippen molar-refractivity contribution in [3.63, 3.8) is 0 Å². The van der Waals surface area contributed by atoms with Crippen LogP contribution in [0.5, 0.6) is 0 Å². The van der Waals surface area contributed by atoms with Crippen LogP contribution in [0, 0.1) is 0 Å². The first kappa shape index (κ1) is 12.9. The molecule has 0 aliphatic heterocycles. The summed E-state index contributed by atoms with van der Waals surface area (Å²) in [5.74, 6) is 0.871. The van der Waals surface area contributed by atoms with Gasteiger partial charge >= 0.3 is 0 Å². The molecule has 0 saturated carbocycles. The Morgan fingerprint density at radius 1 is 1.28 bits per heavy atom. The topological polar surface area (TPSA) is 33.5 Å². The summed E-state index contributed by atoms with van der Waals surface area (Å²) in [6, 6.07) is 11.5. The van der Waals surface area contributed by atoms with E-state index >= 15 is 0 Å². The van der Waals surface area contributed by atoms with Crippen molar-refractivity contribution in [1.29, 1.82) is 0 Å². The maximum absolute atomic E-state index is 12.0. The third kappa shape index (κ3) is 3.47. The zero-order valence-electron chi connectivity index (χ0n) is 10.1. The number of benzene rings is 1. The lowest BCUT2D eigenvalue weighted by Gasteiger charge is -2.15. The maximum atomic E-state index is 12.0. The molecule has 94 valence electrons. The number of halogens is 1. The number of likely N-dealkylation sites (N-methyl/N-ethyl adjacent to an activating group) is 1. The van der Waals surface area contributed by atoms with Gasteiger partial charge in [0.05, 0.1) is 19.2 Å². The van der Waals surface area contributed by atoms with Gasteiger partial charge in [-0.15, -0.1) is 0 Å². The molecule has 0 saturated heterocycles. The Hall–Kier alpha value is -1.55. The van der Waals surface area contributed by atoms with Crippen molar-refractivity contribution < 1.29 is 9.21 Å². The van der Waals surface area contributed by atoms with E-state index in [-0.39, 0.29) is 5.91 Å². The SMILES string of the molecule is CN(Cc1ccco1)C(=O)Cc1ccc(Br)cc1. The van der Waals surface area contributed by atoms with E-state index in [4.69, 9.17) is 4.42 Å². The van der Waals surface area contributed by atoms with Crippen molar-refractivity contribution in [1.82, 2.24) is 4.90 Å². The van der Waals surface area contributed by atoms with Gasteiger partial charge in [-0.2, -0.15) is 0 Å². The minimum atomic E-state index is 0.0775. The number of hydrogen-bond donors (Lipinski definition) is 0. The largest absolute Gasteiger partial charge is 0.467 e. The summed E-state index contributed by atoms with van der Waals surface area (Å²) >= 11 is 3.37. The van der Waals surface area contributed by atoms with Crippen molar-refractivity contribution in [3.8, 4) is 0 Å². The maximum Gasteiger partial charge on any atom is 0.227 e. The Labute approximate surface area is 115 Å². The predicted molar refractivity (Wildman–Crippen MR) is 73.0 cm³/mol. The van der Waals surface area contributed by atoms with E-state index in [1.807, 2.05) is 36.4 Å². The molecule has 18 heavy (non-hydrogen) atoms. The molecule has 1 heterocycles. The van der Waals surface area contributed by atoms with Crippen LogP contribution in [-0.2, 0) is 17.8 Å². The molecule has 4 heteroatoms. The van der Waals surface area contributed by atoms with Crippen LogP contribution in [0.4, 0.5) is 0 Å². The molecular weight excluding hydrogens is 294 g/mol. The zero-order chi connectivity index (χ0) is 13.0. The molecule has 2 aromatic rings. The molecular formula is C14H14BrNO2. The molecule has 0 bridgehead atoms. The number of furan rings is 1. The molecule has 0 radical (unpaired) electrons. The van der Waals surface area contributed by atoms with E-state index in [9.17, 15) is 4.79 Å². The smallest absolute Gasteiger partial charge is 0.227 e. The fourth-order valence-corrected chi connectivity index (χ4v) is 1.90. The summed E-state index contributed by atoms with van der Waals surface area (Å²) in [7, 11) is 1.78. The first-order valence-corrected chi connectivity index (χ1v) is 6.45. The minimum absolute atomic E-state index is 0.0775. The summed E-state index contributed by atoms with van der Waals surface area (Å²) in [6.07, 6.45) is 2.02. The van der Waals surface area contributed by atoms with Gasteiger partial charge in [0.1, 0.15) is 5.76 Å². The summed E-state index contributed by atoms with van der Waals surface area (Å²) in [5.41, 5.74) is 1.01. The minimum Gasteiger partial charge on any atom is -0.467 e. The van der Waals surface area contributed by atoms with Crippen molar-refractivity contribution >= 4 is 21.8 Å². The molecule has 3 nitrogen and oxygen atoms in total. The van der Waals surface area contributed by atoms with Crippen molar-refractivity contribution in [2.45, 2.75) is 13.0 Å². The summed E-state index contributed by atoms with van der Waals surface area (Å²) in [6.45, 7) is 0.502. The van der Waals surface area contributed by atoms with Crippen LogP contribution < -0.4 is 0 Å². The molecule has 0 aliphatic rings. The highest BCUT2D eigenvalue weighted by Gasteiger charge is 2.11. The number of amides is 1. The molecule has 0 spiro atoms. The van der Waals surface area contributed by atoms with E-state index in [0.717, 1.165) is 15.8 Å². The zero-order valence-corrected chi connectivity index (χ0v) is 11.7. The molecule has 0 unspecified atom stereocenters. The van der Waals surface area contributed by atoms with E-state index in [1.54, 1.807) is 18.2 Å². The second-order valence-electron chi connectivity index (χ2n) is 4.13. The highest BCUT2D eigenvalue weighted by Crippen LogP contribution is 2.12. The fraction of sp³-hybridized carbons (Fsp3) is 0.214. The quantitative estimate of drug-likeness (QED) is 0.869. The van der Waals surface area contributed by atoms with Gasteiger partial charge in [-0.3, -0.25) is 4.79 Å². The number of nitrogens with zero attached hydrogens (tertiary/aromatic N) is 1. The Morgan fingerprint density at radius 2 is 2.00 bits per heavy atom. The van der Waals surface area contributed by atoms with Gasteiger partial charge in [-0.25, -0.2) is 0 Å². The third-order valence-corrected chi connectivity index (χ3v) is 3.20. The van der Waals surface area contributed by atoms with Gasteiger partial charge in [0.25, 0.3) is 0 Å². The second-order valence-corrected chi connectivity index (χ2v) is 5.05. The van der Waals surface area contributed by atoms with Crippen LogP contribution in [0.15, 0.2) is 51.6 Å². The Kier molecular flexibility index (Phi) is 4.20. The molecule has 0 fully saturated rings. The van der Waals surface area contributed by atoms with Gasteiger partial charge in [0.2, 0.25) is 5.91 Å². The standard InChI is InChI=1S/C14H14BrNO2/c1-16(10-13-3-2-8-18-13)14(17)9-11-4-6-12(15)7-5-11/h2-8H,9-10H2,1H3. The van der Waals surface area contributed by atoms with E-state index in [2.05, 4.69) is 15.9 Å². The fourth-order valence-electron chi connectivity index (χ4n) is 1.64. The first-order chi connectivity index (χ1) is 8.65. The Bertz CT molecular complexity index is 505. The summed E-state index contributed by atoms with van der Waals surface area (Å²) in [5, 5.41) is 0. The van der Waals surface area contributed by atoms with Crippen molar-refractivity contribution in [3.05, 3.63) is 58.5 Å². The lowest BCUT2D eigenvalue weighted by molar-refractivity contribution is -0.129. The van der Waals surface area contributed by atoms with Gasteiger partial charge < -0.3 is 9.32 Å². The monoisotopic (exact) mass is 307 g/mol. The average Bonchev–Trinajstić information content (AvgIpc) is 2.85. The van der Waals surface area contributed by atoms with Crippen LogP contribution in [-0.4, -0.2) is 17.9 Å². The number of rotatable bonds is 4. The average molecular weight is 308 g/mol. The van der Waals surface area contributed by atoms with Gasteiger partial charge in [0.15, 0.2) is 0 Å². The first-order valence-electron chi connectivity index (χ1n) is 5.66. The number of hydrogen-bond acceptors (Lipinski definition) is 2. The van der Waals surface area contributed by atoms with Crippen LogP contribution >= 0.6 is 15.9 Å². The molecule has 2 rings (SSSR count). The van der Waals surface area contributed by atoms with Crippen LogP contribution in [0.2, 0.25) is 0 Å². The lowest BCUT2D eigenvalue weighted by atomic mass is 10.1. The summed E-state index contributed by atoms with van der Waals surface area (Å²) < 4.78 is 6.24. The molecule has 1 aromatic carbocycles. The third-order valence-electron chi connectivity index (χ3n) is 2.67. The van der Waals surface area contributed by atoms with Crippen molar-refractivity contribution in [2.75, 3.05) is 7.05 Å². The predicted octanol–water partition coefficient (Wildman–Crippen LogP) is 3.24. The molecule has 1 aromatic heterocycles. The van der Waals surface area contributed by atoms with E-state index < -0.39 is 0 Å². The van der Waals surface area contributed by atoms with Gasteiger partial charge in [-0.1, -0.05) is 28.1 Å². The van der Waals surface area contributed by atoms with Gasteiger partial charge in [-0.05, 0) is 29.8 Å².